The molecule has 190 valence electrons. The molecular weight excluding hydrogens is 463 g/mol. The molecule has 10 heteroatoms. The van der Waals surface area contributed by atoms with Gasteiger partial charge in [0.25, 0.3) is 0 Å². The zero-order valence-electron chi connectivity index (χ0n) is 20.5. The van der Waals surface area contributed by atoms with Crippen LogP contribution in [-0.4, -0.2) is 52.7 Å². The topological polar surface area (TPSA) is 65.8 Å². The minimum Gasteiger partial charge on any atom is -0.496 e. The molecule has 1 aromatic carbocycles. The summed E-state index contributed by atoms with van der Waals surface area (Å²) in [5.41, 5.74) is 2.61. The zero-order chi connectivity index (χ0) is 25.5. The van der Waals surface area contributed by atoms with E-state index in [-0.39, 0.29) is 17.9 Å². The van der Waals surface area contributed by atoms with Gasteiger partial charge in [-0.25, -0.2) is 9.48 Å². The molecule has 0 spiro atoms. The van der Waals surface area contributed by atoms with Crippen molar-refractivity contribution in [2.24, 2.45) is 0 Å². The van der Waals surface area contributed by atoms with Gasteiger partial charge in [0.1, 0.15) is 11.4 Å². The van der Waals surface area contributed by atoms with Gasteiger partial charge in [-0.2, -0.15) is 18.3 Å². The maximum Gasteiger partial charge on any atom is 0.419 e. The van der Waals surface area contributed by atoms with E-state index in [1.807, 2.05) is 33.8 Å². The molecule has 0 saturated carbocycles. The van der Waals surface area contributed by atoms with Crippen molar-refractivity contribution in [3.05, 3.63) is 46.8 Å². The van der Waals surface area contributed by atoms with Gasteiger partial charge in [0, 0.05) is 31.1 Å². The standard InChI is InChI=1S/C25H30F3N3O4/c1-15-12-20-18(14-34-15)22(16-8-10-30(11-9-16)23(32)35-24(2,3)4)29-31(20)17-6-7-19(25(26,27)28)21(13-17)33-5/h6-8,13,15H,9-12,14H2,1-5H3/t15-/m0/s1. The van der Waals surface area contributed by atoms with Crippen LogP contribution >= 0.6 is 0 Å². The Bertz CT molecular complexity index is 1150. The molecule has 7 nitrogen and oxygen atoms in total. The number of carbonyl (C=O) groups excluding carboxylic acids is 1. The lowest BCUT2D eigenvalue weighted by molar-refractivity contribution is -0.138. The first kappa shape index (κ1) is 25.1. The van der Waals surface area contributed by atoms with Crippen LogP contribution in [-0.2, 0) is 28.7 Å². The number of carbonyl (C=O) groups is 1. The van der Waals surface area contributed by atoms with Crippen LogP contribution in [0.3, 0.4) is 0 Å². The summed E-state index contributed by atoms with van der Waals surface area (Å²) in [6.45, 7) is 8.65. The smallest absolute Gasteiger partial charge is 0.419 e. The van der Waals surface area contributed by atoms with E-state index < -0.39 is 17.3 Å². The average Bonchev–Trinajstić information content (AvgIpc) is 3.15. The Morgan fingerprint density at radius 2 is 1.97 bits per heavy atom. The third-order valence-electron chi connectivity index (χ3n) is 5.98. The van der Waals surface area contributed by atoms with Gasteiger partial charge in [-0.1, -0.05) is 6.08 Å². The molecule has 35 heavy (non-hydrogen) atoms. The van der Waals surface area contributed by atoms with E-state index in [1.54, 1.807) is 9.58 Å². The van der Waals surface area contributed by atoms with Crippen LogP contribution in [0.5, 0.6) is 5.75 Å². The quantitative estimate of drug-likeness (QED) is 0.574. The lowest BCUT2D eigenvalue weighted by atomic mass is 9.98. The fourth-order valence-electron chi connectivity index (χ4n) is 4.30. The Morgan fingerprint density at radius 3 is 2.57 bits per heavy atom. The molecule has 0 bridgehead atoms. The van der Waals surface area contributed by atoms with Gasteiger partial charge in [0.15, 0.2) is 0 Å². The normalized spacial score (nSPS) is 18.7. The van der Waals surface area contributed by atoms with E-state index >= 15 is 0 Å². The lowest BCUT2D eigenvalue weighted by Crippen LogP contribution is -2.39. The van der Waals surface area contributed by atoms with Crippen LogP contribution in [0.2, 0.25) is 0 Å². The predicted molar refractivity (Wildman–Crippen MR) is 123 cm³/mol. The number of methoxy groups -OCH3 is 1. The second-order valence-electron chi connectivity index (χ2n) is 9.80. The number of halogens is 3. The number of nitrogens with zero attached hydrogens (tertiary/aromatic N) is 3. The third kappa shape index (κ3) is 5.32. The minimum atomic E-state index is -4.52. The summed E-state index contributed by atoms with van der Waals surface area (Å²) in [6, 6.07) is 3.78. The maximum atomic E-state index is 13.4. The number of hydrogen-bond acceptors (Lipinski definition) is 5. The summed E-state index contributed by atoms with van der Waals surface area (Å²) in [7, 11) is 1.22. The lowest BCUT2D eigenvalue weighted by Gasteiger charge is -2.29. The molecule has 0 radical (unpaired) electrons. The van der Waals surface area contributed by atoms with Crippen molar-refractivity contribution in [3.63, 3.8) is 0 Å². The van der Waals surface area contributed by atoms with Crippen LogP contribution in [0, 0.1) is 0 Å². The Morgan fingerprint density at radius 1 is 1.23 bits per heavy atom. The van der Waals surface area contributed by atoms with E-state index in [0.717, 1.165) is 28.6 Å². The average molecular weight is 494 g/mol. The van der Waals surface area contributed by atoms with E-state index in [4.69, 9.17) is 19.3 Å². The monoisotopic (exact) mass is 493 g/mol. The van der Waals surface area contributed by atoms with Crippen molar-refractivity contribution >= 4 is 11.7 Å². The van der Waals surface area contributed by atoms with Crippen LogP contribution in [0.15, 0.2) is 24.3 Å². The highest BCUT2D eigenvalue weighted by molar-refractivity contribution is 5.73. The van der Waals surface area contributed by atoms with Gasteiger partial charge in [-0.15, -0.1) is 0 Å². The molecule has 3 heterocycles. The minimum absolute atomic E-state index is 0.0508. The number of amides is 1. The number of ether oxygens (including phenoxy) is 3. The molecule has 0 unspecified atom stereocenters. The summed E-state index contributed by atoms with van der Waals surface area (Å²) < 4.78 is 58.1. The fraction of sp³-hybridized carbons (Fsp3) is 0.520. The maximum absolute atomic E-state index is 13.4. The van der Waals surface area contributed by atoms with E-state index in [2.05, 4.69) is 0 Å². The highest BCUT2D eigenvalue weighted by atomic mass is 19.4. The highest BCUT2D eigenvalue weighted by Crippen LogP contribution is 2.38. The number of aromatic nitrogens is 2. The second-order valence-corrected chi connectivity index (χ2v) is 9.80. The van der Waals surface area contributed by atoms with Crippen molar-refractivity contribution in [2.45, 2.75) is 65.0 Å². The van der Waals surface area contributed by atoms with Crippen molar-refractivity contribution in [1.82, 2.24) is 14.7 Å². The second kappa shape index (κ2) is 9.22. The molecule has 0 N–H and O–H groups in total. The van der Waals surface area contributed by atoms with Crippen molar-refractivity contribution in [1.29, 1.82) is 0 Å². The largest absolute Gasteiger partial charge is 0.496 e. The van der Waals surface area contributed by atoms with E-state index in [1.165, 1.54) is 19.2 Å². The van der Waals surface area contributed by atoms with Gasteiger partial charge in [0.05, 0.1) is 42.5 Å². The van der Waals surface area contributed by atoms with Gasteiger partial charge >= 0.3 is 12.3 Å². The first-order valence-corrected chi connectivity index (χ1v) is 11.5. The van der Waals surface area contributed by atoms with Gasteiger partial charge in [-0.3, -0.25) is 0 Å². The Labute approximate surface area is 202 Å². The van der Waals surface area contributed by atoms with E-state index in [0.29, 0.717) is 38.2 Å². The first-order chi connectivity index (χ1) is 16.4. The molecule has 0 fully saturated rings. The Balaban J connectivity index is 1.69. The number of fused-ring (bicyclic) bond motifs is 1. The molecule has 2 aliphatic heterocycles. The van der Waals surface area contributed by atoms with Crippen LogP contribution < -0.4 is 4.74 Å². The summed E-state index contributed by atoms with van der Waals surface area (Å²) in [5, 5.41) is 4.81. The SMILES string of the molecule is COc1cc(-n2nc(C3=CCN(C(=O)OC(C)(C)C)CC3)c3c2C[C@H](C)OC3)ccc1C(F)(F)F. The molecule has 0 saturated heterocycles. The van der Waals surface area contributed by atoms with Crippen molar-refractivity contribution < 1.29 is 32.2 Å². The molecular formula is C25H30F3N3O4. The van der Waals surface area contributed by atoms with Crippen LogP contribution in [0.25, 0.3) is 11.3 Å². The number of rotatable bonds is 3. The van der Waals surface area contributed by atoms with Gasteiger partial charge in [0.2, 0.25) is 0 Å². The predicted octanol–water partition coefficient (Wildman–Crippen LogP) is 5.39. The molecule has 0 aliphatic carbocycles. The van der Waals surface area contributed by atoms with Crippen molar-refractivity contribution in [3.8, 4) is 11.4 Å². The van der Waals surface area contributed by atoms with E-state index in [9.17, 15) is 18.0 Å². The molecule has 1 aromatic heterocycles. The highest BCUT2D eigenvalue weighted by Gasteiger charge is 2.35. The summed E-state index contributed by atoms with van der Waals surface area (Å²) in [6.07, 6.45) is -1.84. The first-order valence-electron chi connectivity index (χ1n) is 11.5. The Kier molecular flexibility index (Phi) is 6.61. The molecule has 1 atom stereocenters. The number of alkyl halides is 3. The summed E-state index contributed by atoms with van der Waals surface area (Å²) in [5.74, 6) is -0.259. The zero-order valence-corrected chi connectivity index (χ0v) is 20.5. The number of benzene rings is 1. The van der Waals surface area contributed by atoms with Gasteiger partial charge < -0.3 is 19.1 Å². The fourth-order valence-corrected chi connectivity index (χ4v) is 4.30. The van der Waals surface area contributed by atoms with Crippen LogP contribution in [0.4, 0.5) is 18.0 Å². The summed E-state index contributed by atoms with van der Waals surface area (Å²) in [4.78, 5) is 14.1. The molecule has 2 aliphatic rings. The molecule has 1 amide bonds. The Hall–Kier alpha value is -3.01. The number of hydrogen-bond donors (Lipinski definition) is 0. The van der Waals surface area contributed by atoms with Crippen LogP contribution in [0.1, 0.15) is 56.6 Å². The summed E-state index contributed by atoms with van der Waals surface area (Å²) >= 11 is 0. The van der Waals surface area contributed by atoms with Gasteiger partial charge in [-0.05, 0) is 51.8 Å². The molecule has 2 aromatic rings. The van der Waals surface area contributed by atoms with Crippen molar-refractivity contribution in [2.75, 3.05) is 20.2 Å². The third-order valence-corrected chi connectivity index (χ3v) is 5.98. The molecule has 4 rings (SSSR count).